The van der Waals surface area contributed by atoms with Gasteiger partial charge >= 0.3 is 6.18 Å². The number of nitrogens with zero attached hydrogens (tertiary/aromatic N) is 2. The molecule has 1 N–H and O–H groups in total. The molecule has 0 saturated carbocycles. The third-order valence-corrected chi connectivity index (χ3v) is 3.63. The van der Waals surface area contributed by atoms with Gasteiger partial charge in [-0.05, 0) is 29.8 Å². The molecule has 0 aliphatic rings. The highest BCUT2D eigenvalue weighted by Crippen LogP contribution is 2.30. The second-order valence-corrected chi connectivity index (χ2v) is 5.58. The number of alkyl halides is 3. The Morgan fingerprint density at radius 2 is 1.96 bits per heavy atom. The van der Waals surface area contributed by atoms with Crippen molar-refractivity contribution >= 4 is 35.0 Å². The Hall–Kier alpha value is -3.38. The van der Waals surface area contributed by atoms with Crippen molar-refractivity contribution in [3.63, 3.8) is 0 Å². The molecule has 2 rings (SSSR count). The minimum absolute atomic E-state index is 0.00897. The summed E-state index contributed by atoms with van der Waals surface area (Å²) in [5.41, 5.74) is -1.90. The maximum atomic E-state index is 12.7. The molecule has 0 aromatic heterocycles. The molecule has 0 heterocycles. The normalized spacial score (nSPS) is 11.6. The monoisotopic (exact) mass is 395 g/mol. The zero-order valence-electron chi connectivity index (χ0n) is 13.2. The van der Waals surface area contributed by atoms with Gasteiger partial charge in [-0.1, -0.05) is 23.7 Å². The van der Waals surface area contributed by atoms with Gasteiger partial charge in [0.2, 0.25) is 0 Å². The maximum absolute atomic E-state index is 12.7. The van der Waals surface area contributed by atoms with E-state index in [-0.39, 0.29) is 22.0 Å². The number of anilines is 1. The number of hydrogen-bond acceptors (Lipinski definition) is 4. The van der Waals surface area contributed by atoms with Crippen molar-refractivity contribution in [3.05, 3.63) is 74.3 Å². The number of nitrogens with one attached hydrogen (secondary N) is 1. The molecule has 138 valence electrons. The third kappa shape index (κ3) is 5.05. The molecule has 10 heteroatoms. The summed E-state index contributed by atoms with van der Waals surface area (Å²) < 4.78 is 38.2. The lowest BCUT2D eigenvalue weighted by molar-refractivity contribution is -0.384. The first kappa shape index (κ1) is 19.9. The molecular formula is C17H9ClF3N3O3. The van der Waals surface area contributed by atoms with Crippen LogP contribution in [0, 0.1) is 21.4 Å². The molecule has 6 nitrogen and oxygen atoms in total. The quantitative estimate of drug-likeness (QED) is 0.347. The van der Waals surface area contributed by atoms with Crippen LogP contribution in [0.4, 0.5) is 24.5 Å². The molecule has 0 aliphatic heterocycles. The van der Waals surface area contributed by atoms with Gasteiger partial charge in [-0.2, -0.15) is 18.4 Å². The van der Waals surface area contributed by atoms with Crippen LogP contribution in [0.2, 0.25) is 5.02 Å². The van der Waals surface area contributed by atoms with E-state index < -0.39 is 28.1 Å². The van der Waals surface area contributed by atoms with E-state index in [0.29, 0.717) is 0 Å². The summed E-state index contributed by atoms with van der Waals surface area (Å²) in [7, 11) is 0. The summed E-state index contributed by atoms with van der Waals surface area (Å²) in [5, 5.41) is 22.1. The first-order chi connectivity index (χ1) is 12.6. The first-order valence-corrected chi connectivity index (χ1v) is 7.54. The highest BCUT2D eigenvalue weighted by molar-refractivity contribution is 6.34. The number of nitro groups is 1. The Morgan fingerprint density at radius 3 is 2.56 bits per heavy atom. The van der Waals surface area contributed by atoms with E-state index in [4.69, 9.17) is 16.9 Å². The Balaban J connectivity index is 2.32. The number of amides is 1. The number of halogens is 4. The number of benzene rings is 2. The van der Waals surface area contributed by atoms with Crippen molar-refractivity contribution in [2.45, 2.75) is 6.18 Å². The van der Waals surface area contributed by atoms with Crippen molar-refractivity contribution in [1.29, 1.82) is 5.26 Å². The van der Waals surface area contributed by atoms with Crippen molar-refractivity contribution in [2.24, 2.45) is 0 Å². The standard InChI is InChI=1S/C17H9ClF3N3O3/c18-14-5-4-13(24(26)27)8-15(14)23-16(25)11(9-22)6-10-2-1-3-12(7-10)17(19,20)21/h1-8H,(H,23,25)/b11-6+. The second kappa shape index (κ2) is 7.88. The topological polar surface area (TPSA) is 96.0 Å². The van der Waals surface area contributed by atoms with Gasteiger partial charge in [0.15, 0.2) is 0 Å². The highest BCUT2D eigenvalue weighted by Gasteiger charge is 2.30. The minimum atomic E-state index is -4.57. The first-order valence-electron chi connectivity index (χ1n) is 7.16. The molecule has 0 atom stereocenters. The van der Waals surface area contributed by atoms with Crippen molar-refractivity contribution in [1.82, 2.24) is 0 Å². The zero-order chi connectivity index (χ0) is 20.2. The van der Waals surface area contributed by atoms with E-state index in [0.717, 1.165) is 36.4 Å². The van der Waals surface area contributed by atoms with Gasteiger partial charge in [0.25, 0.3) is 11.6 Å². The summed E-state index contributed by atoms with van der Waals surface area (Å²) in [5.74, 6) is -0.975. The SMILES string of the molecule is N#C/C(=C\c1cccc(C(F)(F)F)c1)C(=O)Nc1cc([N+](=O)[O-])ccc1Cl. The Labute approximate surface area is 155 Å². The number of nitro benzene ring substituents is 1. The third-order valence-electron chi connectivity index (χ3n) is 3.30. The van der Waals surface area contributed by atoms with E-state index in [2.05, 4.69) is 5.32 Å². The molecule has 0 bridgehead atoms. The number of hydrogen-bond donors (Lipinski definition) is 1. The van der Waals surface area contributed by atoms with Crippen LogP contribution >= 0.6 is 11.6 Å². The summed E-state index contributed by atoms with van der Waals surface area (Å²) in [6, 6.07) is 8.96. The molecule has 2 aromatic carbocycles. The number of carbonyl (C=O) groups excluding carboxylic acids is 1. The van der Waals surface area contributed by atoms with Crippen LogP contribution in [-0.4, -0.2) is 10.8 Å². The van der Waals surface area contributed by atoms with Crippen molar-refractivity contribution in [3.8, 4) is 6.07 Å². The van der Waals surface area contributed by atoms with Gasteiger partial charge in [-0.3, -0.25) is 14.9 Å². The molecule has 27 heavy (non-hydrogen) atoms. The summed E-state index contributed by atoms with van der Waals surface area (Å²) in [4.78, 5) is 22.3. The molecular weight excluding hydrogens is 387 g/mol. The van der Waals surface area contributed by atoms with E-state index in [1.807, 2.05) is 0 Å². The zero-order valence-corrected chi connectivity index (χ0v) is 14.0. The molecule has 0 spiro atoms. The number of rotatable bonds is 4. The lowest BCUT2D eigenvalue weighted by Gasteiger charge is -2.08. The van der Waals surface area contributed by atoms with E-state index in [1.54, 1.807) is 6.07 Å². The Bertz CT molecular complexity index is 981. The van der Waals surface area contributed by atoms with E-state index in [9.17, 15) is 28.1 Å². The van der Waals surface area contributed by atoms with Crippen LogP contribution in [0.1, 0.15) is 11.1 Å². The maximum Gasteiger partial charge on any atom is 0.416 e. The summed E-state index contributed by atoms with van der Waals surface area (Å²) in [6.07, 6.45) is -3.61. The summed E-state index contributed by atoms with van der Waals surface area (Å²) >= 11 is 5.86. The van der Waals surface area contributed by atoms with Crippen molar-refractivity contribution < 1.29 is 22.9 Å². The average Bonchev–Trinajstić information content (AvgIpc) is 2.60. The lowest BCUT2D eigenvalue weighted by Crippen LogP contribution is -2.14. The number of non-ortho nitro benzene ring substituents is 1. The van der Waals surface area contributed by atoms with Gasteiger partial charge in [0, 0.05) is 12.1 Å². The Morgan fingerprint density at radius 1 is 1.26 bits per heavy atom. The van der Waals surface area contributed by atoms with Crippen LogP contribution in [0.3, 0.4) is 0 Å². The molecule has 2 aromatic rings. The molecule has 0 aliphatic carbocycles. The average molecular weight is 396 g/mol. The fourth-order valence-electron chi connectivity index (χ4n) is 2.03. The number of carbonyl (C=O) groups is 1. The predicted molar refractivity (Wildman–Crippen MR) is 91.8 cm³/mol. The van der Waals surface area contributed by atoms with Crippen LogP contribution in [0.15, 0.2) is 48.0 Å². The molecule has 0 saturated heterocycles. The largest absolute Gasteiger partial charge is 0.416 e. The van der Waals surface area contributed by atoms with E-state index >= 15 is 0 Å². The van der Waals surface area contributed by atoms with Crippen molar-refractivity contribution in [2.75, 3.05) is 5.32 Å². The highest BCUT2D eigenvalue weighted by atomic mass is 35.5. The smallest absolute Gasteiger partial charge is 0.320 e. The number of nitriles is 1. The van der Waals surface area contributed by atoms with Crippen LogP contribution in [-0.2, 0) is 11.0 Å². The molecule has 0 unspecified atom stereocenters. The van der Waals surface area contributed by atoms with Crippen LogP contribution < -0.4 is 5.32 Å². The molecule has 0 radical (unpaired) electrons. The van der Waals surface area contributed by atoms with Gasteiger partial charge in [0.1, 0.15) is 11.6 Å². The lowest BCUT2D eigenvalue weighted by atomic mass is 10.1. The Kier molecular flexibility index (Phi) is 5.82. The summed E-state index contributed by atoms with van der Waals surface area (Å²) in [6.45, 7) is 0. The van der Waals surface area contributed by atoms with Gasteiger partial charge < -0.3 is 5.32 Å². The molecule has 0 fully saturated rings. The van der Waals surface area contributed by atoms with Crippen LogP contribution in [0.5, 0.6) is 0 Å². The molecule has 1 amide bonds. The van der Waals surface area contributed by atoms with E-state index in [1.165, 1.54) is 12.1 Å². The minimum Gasteiger partial charge on any atom is -0.320 e. The second-order valence-electron chi connectivity index (χ2n) is 5.17. The van der Waals surface area contributed by atoms with Gasteiger partial charge in [0.05, 0.1) is 21.2 Å². The van der Waals surface area contributed by atoms with Gasteiger partial charge in [-0.25, -0.2) is 0 Å². The fraction of sp³-hybridized carbons (Fsp3) is 0.0588. The van der Waals surface area contributed by atoms with Gasteiger partial charge in [-0.15, -0.1) is 0 Å². The predicted octanol–water partition coefficient (Wildman–Crippen LogP) is 4.81. The van der Waals surface area contributed by atoms with Crippen LogP contribution in [0.25, 0.3) is 6.08 Å². The fourth-order valence-corrected chi connectivity index (χ4v) is 2.20.